The number of hydrogen-bond donors (Lipinski definition) is 0. The van der Waals surface area contributed by atoms with Crippen molar-refractivity contribution in [2.24, 2.45) is 0 Å². The van der Waals surface area contributed by atoms with Gasteiger partial charge in [0.2, 0.25) is 0 Å². The van der Waals surface area contributed by atoms with Gasteiger partial charge in [0.1, 0.15) is 5.79 Å². The van der Waals surface area contributed by atoms with Gasteiger partial charge in [-0.25, -0.2) is 0 Å². The van der Waals surface area contributed by atoms with Crippen LogP contribution in [0, 0.1) is 0 Å². The molecule has 0 unspecified atom stereocenters. The Bertz CT molecular complexity index is 31.3. The van der Waals surface area contributed by atoms with Crippen molar-refractivity contribution in [1.82, 2.24) is 0 Å². The molecule has 3 heteroatoms. The Balaban J connectivity index is -0.000000138. The molecule has 0 N–H and O–H groups in total. The van der Waals surface area contributed by atoms with Crippen LogP contribution in [0.3, 0.4) is 0 Å². The summed E-state index contributed by atoms with van der Waals surface area (Å²) >= 11 is 0.781. The van der Waals surface area contributed by atoms with E-state index in [1.54, 1.807) is 0 Å². The molecule has 0 amide bonds. The van der Waals surface area contributed by atoms with Crippen molar-refractivity contribution in [3.05, 3.63) is 0 Å². The molecule has 5 radical (unpaired) electrons. The summed E-state index contributed by atoms with van der Waals surface area (Å²) in [5, 5.41) is 18.0. The molecule has 0 aliphatic rings. The summed E-state index contributed by atoms with van der Waals surface area (Å²) in [4.78, 5) is 0. The highest BCUT2D eigenvalue weighted by Crippen LogP contribution is 1.97. The van der Waals surface area contributed by atoms with E-state index in [9.17, 15) is 0 Å². The molecule has 0 aliphatic carbocycles. The van der Waals surface area contributed by atoms with Crippen molar-refractivity contribution >= 4 is 15.2 Å². The van der Waals surface area contributed by atoms with Gasteiger partial charge in [-0.3, -0.25) is 0 Å². The first-order valence-electron chi connectivity index (χ1n) is 4.01. The highest BCUT2D eigenvalue weighted by atomic mass is 27.1. The summed E-state index contributed by atoms with van der Waals surface area (Å²) in [6.45, 7) is 2.25. The predicted octanol–water partition coefficient (Wildman–Crippen LogP) is 0.300. The normalized spacial score (nSPS) is 7.09. The number of unbranched alkanes of at least 4 members (excludes halogenated alkanes) is 2. The SMILES string of the molecule is CCCC[CH2][Al+2][CH3].C[O-].C[O-]. The van der Waals surface area contributed by atoms with Gasteiger partial charge < -0.3 is 10.2 Å². The summed E-state index contributed by atoms with van der Waals surface area (Å²) in [5.41, 5.74) is 0. The van der Waals surface area contributed by atoms with Gasteiger partial charge in [-0.1, -0.05) is 13.3 Å². The van der Waals surface area contributed by atoms with Gasteiger partial charge in [-0.05, 0) is 12.8 Å². The van der Waals surface area contributed by atoms with E-state index in [0.29, 0.717) is 0 Å². The lowest BCUT2D eigenvalue weighted by Gasteiger charge is -1.79. The minimum Gasteiger partial charge on any atom is -0.857 e. The molecule has 0 saturated carbocycles. The van der Waals surface area contributed by atoms with E-state index in [2.05, 4.69) is 12.7 Å². The quantitative estimate of drug-likeness (QED) is 0.455. The third-order valence-corrected chi connectivity index (χ3v) is 2.08. The van der Waals surface area contributed by atoms with Crippen LogP contribution in [-0.4, -0.2) is 29.4 Å². The lowest BCUT2D eigenvalue weighted by atomic mass is 10.3. The molecule has 0 bridgehead atoms. The van der Waals surface area contributed by atoms with Gasteiger partial charge in [-0.2, -0.15) is 14.2 Å². The van der Waals surface area contributed by atoms with E-state index in [-0.39, 0.29) is 0 Å². The van der Waals surface area contributed by atoms with E-state index in [1.807, 2.05) is 0 Å². The van der Waals surface area contributed by atoms with E-state index in [4.69, 9.17) is 10.2 Å². The van der Waals surface area contributed by atoms with E-state index in [1.165, 1.54) is 24.5 Å². The van der Waals surface area contributed by atoms with E-state index < -0.39 is 0 Å². The molecule has 0 aromatic carbocycles. The maximum Gasteiger partial charge on any atom is 1.23 e. The minimum absolute atomic E-state index is 0.750. The van der Waals surface area contributed by atoms with Crippen molar-refractivity contribution in [1.29, 1.82) is 0 Å². The summed E-state index contributed by atoms with van der Waals surface area (Å²) in [6.07, 6.45) is 4.29. The number of rotatable bonds is 4. The van der Waals surface area contributed by atoms with Gasteiger partial charge in [-0.15, -0.1) is 0 Å². The van der Waals surface area contributed by atoms with Crippen molar-refractivity contribution in [2.45, 2.75) is 37.3 Å². The molecule has 0 rings (SSSR count). The monoisotopic (exact) mass is 175 g/mol. The molecule has 2 nitrogen and oxygen atoms in total. The molecule has 11 heavy (non-hydrogen) atoms. The Kier molecular flexibility index (Phi) is 50.0. The molecule has 0 aromatic rings. The van der Waals surface area contributed by atoms with Gasteiger partial charge in [0, 0.05) is 0 Å². The van der Waals surface area contributed by atoms with Crippen molar-refractivity contribution in [2.75, 3.05) is 14.2 Å². The fourth-order valence-electron chi connectivity index (χ4n) is 0.598. The maximum atomic E-state index is 8.25. The molecule has 0 aliphatic heterocycles. The lowest BCUT2D eigenvalue weighted by Crippen LogP contribution is -1.81. The van der Waals surface area contributed by atoms with Crippen LogP contribution in [0.25, 0.3) is 0 Å². The Labute approximate surface area is 77.3 Å². The summed E-state index contributed by atoms with van der Waals surface area (Å²) in [7, 11) is 1.50. The van der Waals surface area contributed by atoms with Crippen molar-refractivity contribution < 1.29 is 10.2 Å². The molecule has 67 valence electrons. The Hall–Kier alpha value is 0.452. The third kappa shape index (κ3) is 37.7. The fraction of sp³-hybridized carbons (Fsp3) is 1.00. The first kappa shape index (κ1) is 17.5. The molecule has 0 fully saturated rings. The topological polar surface area (TPSA) is 46.1 Å². The van der Waals surface area contributed by atoms with Gasteiger partial charge >= 0.3 is 15.2 Å². The van der Waals surface area contributed by atoms with Crippen LogP contribution in [0.2, 0.25) is 11.1 Å². The van der Waals surface area contributed by atoms with Crippen molar-refractivity contribution in [3.63, 3.8) is 0 Å². The van der Waals surface area contributed by atoms with Crippen LogP contribution < -0.4 is 10.2 Å². The Morgan fingerprint density at radius 3 is 1.73 bits per heavy atom. The predicted molar refractivity (Wildman–Crippen MR) is 47.8 cm³/mol. The van der Waals surface area contributed by atoms with Crippen LogP contribution in [-0.2, 0) is 0 Å². The Morgan fingerprint density at radius 1 is 1.00 bits per heavy atom. The van der Waals surface area contributed by atoms with Crippen LogP contribution >= 0.6 is 0 Å². The van der Waals surface area contributed by atoms with Crippen LogP contribution in [0.4, 0.5) is 0 Å². The smallest absolute Gasteiger partial charge is 0.857 e. The average Bonchev–Trinajstić information content (AvgIpc) is 2.13. The summed E-state index contributed by atoms with van der Waals surface area (Å²) < 4.78 is 0. The van der Waals surface area contributed by atoms with Crippen LogP contribution in [0.5, 0.6) is 0 Å². The Morgan fingerprint density at radius 2 is 1.45 bits per heavy atom. The van der Waals surface area contributed by atoms with Crippen LogP contribution in [0.1, 0.15) is 26.2 Å². The second-order valence-electron chi connectivity index (χ2n) is 1.90. The second-order valence-corrected chi connectivity index (χ2v) is 3.30. The molecule has 0 spiro atoms. The van der Waals surface area contributed by atoms with E-state index >= 15 is 0 Å². The van der Waals surface area contributed by atoms with Gasteiger partial charge in [0.05, 0.1) is 0 Å². The molecular formula is C8H20AlO2. The largest absolute Gasteiger partial charge is 1.23 e. The fourth-order valence-corrected chi connectivity index (χ4v) is 1.30. The first-order valence-corrected chi connectivity index (χ1v) is 5.98. The van der Waals surface area contributed by atoms with E-state index in [0.717, 1.165) is 29.4 Å². The molecule has 0 saturated heterocycles. The zero-order valence-corrected chi connectivity index (χ0v) is 9.38. The minimum atomic E-state index is 0.750. The maximum absolute atomic E-state index is 8.25. The zero-order valence-electron chi connectivity index (χ0n) is 8.22. The lowest BCUT2D eigenvalue weighted by molar-refractivity contribution is -0.325. The third-order valence-electron chi connectivity index (χ3n) is 1.10. The average molecular weight is 175 g/mol. The molecule has 0 aromatic heterocycles. The van der Waals surface area contributed by atoms with Gasteiger partial charge in [0.25, 0.3) is 0 Å². The first-order chi connectivity index (χ1) is 5.41. The van der Waals surface area contributed by atoms with Gasteiger partial charge in [0.15, 0.2) is 5.28 Å². The molecule has 0 heterocycles. The molecular weight excluding hydrogens is 155 g/mol. The summed E-state index contributed by atoms with van der Waals surface area (Å²) in [6, 6.07) is 0. The second kappa shape index (κ2) is 31.4. The highest BCUT2D eigenvalue weighted by molar-refractivity contribution is 6.33. The zero-order chi connectivity index (χ0) is 9.54. The highest BCUT2D eigenvalue weighted by Gasteiger charge is 2.32. The number of hydrogen-bond acceptors (Lipinski definition) is 2. The van der Waals surface area contributed by atoms with Crippen molar-refractivity contribution in [3.8, 4) is 0 Å². The van der Waals surface area contributed by atoms with Crippen LogP contribution in [0.15, 0.2) is 0 Å². The standard InChI is InChI=1S/C5H11.2CH3O.CH3.Al/c1-3-5-4-2;2*1-2;;/h1,3-5H2,2H3;2*1H3;1H3;/q;2*-1;;+2. The molecule has 0 atom stereocenters. The summed E-state index contributed by atoms with van der Waals surface area (Å²) in [5.74, 6) is 2.33.